The number of fused-ring (bicyclic) bond motifs is 2. The van der Waals surface area contributed by atoms with E-state index in [1.807, 2.05) is 48.7 Å². The fraction of sp³-hybridized carbons (Fsp3) is 0.380. The molecule has 0 bridgehead atoms. The lowest BCUT2D eigenvalue weighted by molar-refractivity contribution is -0.384. The summed E-state index contributed by atoms with van der Waals surface area (Å²) in [5.74, 6) is -0.659. The molecule has 0 radical (unpaired) electrons. The number of hydrogen-bond donors (Lipinski definition) is 2. The van der Waals surface area contributed by atoms with Gasteiger partial charge in [-0.05, 0) is 134 Å². The number of aliphatic hydroxyl groups excluding tert-OH is 2. The molecule has 0 unspecified atom stereocenters. The van der Waals surface area contributed by atoms with Crippen molar-refractivity contribution >= 4 is 29.1 Å². The number of allylic oxidation sites excluding steroid dienone is 1. The molecular weight excluding hydrogens is 833 g/mol. The molecule has 4 aromatic rings. The van der Waals surface area contributed by atoms with Gasteiger partial charge in [0, 0.05) is 60.8 Å². The van der Waals surface area contributed by atoms with Crippen LogP contribution in [-0.2, 0) is 16.2 Å². The molecule has 1 amide bonds. The Morgan fingerprint density at radius 3 is 2.38 bits per heavy atom. The largest absolute Gasteiger partial charge is 0.459 e. The predicted molar refractivity (Wildman–Crippen MR) is 244 cm³/mol. The van der Waals surface area contributed by atoms with Gasteiger partial charge in [-0.25, -0.2) is 0 Å². The van der Waals surface area contributed by atoms with Crippen molar-refractivity contribution < 1.29 is 39.0 Å². The van der Waals surface area contributed by atoms with Crippen molar-refractivity contribution in [3.05, 3.63) is 148 Å². The van der Waals surface area contributed by atoms with Gasteiger partial charge in [-0.1, -0.05) is 30.1 Å². The number of amides is 1. The Kier molecular flexibility index (Phi) is 15.2. The van der Waals surface area contributed by atoms with E-state index < -0.39 is 22.7 Å². The number of aliphatic hydroxyl groups is 2. The fourth-order valence-electron chi connectivity index (χ4n) is 9.50. The molecular formula is C50H54N4O9S. The Hall–Kier alpha value is -5.98. The maximum atomic E-state index is 14.6. The van der Waals surface area contributed by atoms with Gasteiger partial charge in [0.25, 0.3) is 11.6 Å². The average Bonchev–Trinajstić information content (AvgIpc) is 3.32. The number of benzene rings is 4. The first-order valence-electron chi connectivity index (χ1n) is 21.7. The Labute approximate surface area is 378 Å². The summed E-state index contributed by atoms with van der Waals surface area (Å²) in [6.45, 7) is 4.27. The monoisotopic (exact) mass is 886 g/mol. The van der Waals surface area contributed by atoms with E-state index in [-0.39, 0.29) is 62.2 Å². The van der Waals surface area contributed by atoms with Gasteiger partial charge in [-0.2, -0.15) is 5.26 Å². The highest BCUT2D eigenvalue weighted by molar-refractivity contribution is 7.98. The van der Waals surface area contributed by atoms with E-state index in [1.54, 1.807) is 66.2 Å². The van der Waals surface area contributed by atoms with Crippen LogP contribution >= 0.6 is 11.8 Å². The van der Waals surface area contributed by atoms with Gasteiger partial charge in [0.2, 0.25) is 5.79 Å². The minimum Gasteiger partial charge on any atom is -0.459 e. The number of hydrogen-bond acceptors (Lipinski definition) is 12. The van der Waals surface area contributed by atoms with Gasteiger partial charge in [-0.15, -0.1) is 18.3 Å². The summed E-state index contributed by atoms with van der Waals surface area (Å²) in [6.07, 6.45) is 10.5. The summed E-state index contributed by atoms with van der Waals surface area (Å²) >= 11 is 1.65. The minimum absolute atomic E-state index is 0.00465. The van der Waals surface area contributed by atoms with Crippen LogP contribution in [-0.4, -0.2) is 76.6 Å². The fourth-order valence-corrected chi connectivity index (χ4v) is 9.91. The number of likely N-dealkylation sites (N-methyl/N-ethyl adjacent to an activating group) is 1. The summed E-state index contributed by atoms with van der Waals surface area (Å²) in [6, 6.07) is 27.7. The molecule has 2 N–H and O–H groups in total. The third kappa shape index (κ3) is 9.88. The summed E-state index contributed by atoms with van der Waals surface area (Å²) in [5, 5.41) is 45.6. The second kappa shape index (κ2) is 21.1. The molecule has 1 aliphatic heterocycles. The van der Waals surface area contributed by atoms with E-state index in [4.69, 9.17) is 24.2 Å². The van der Waals surface area contributed by atoms with E-state index in [0.717, 1.165) is 41.7 Å². The van der Waals surface area contributed by atoms with Crippen LogP contribution in [0.25, 0.3) is 0 Å². The highest BCUT2D eigenvalue weighted by atomic mass is 32.2. The van der Waals surface area contributed by atoms with Crippen LogP contribution < -0.4 is 9.47 Å². The van der Waals surface area contributed by atoms with Crippen molar-refractivity contribution in [2.75, 3.05) is 33.1 Å². The first-order valence-corrected chi connectivity index (χ1v) is 22.9. The minimum atomic E-state index is -1.46. The predicted octanol–water partition coefficient (Wildman–Crippen LogP) is 9.59. The van der Waals surface area contributed by atoms with Crippen molar-refractivity contribution in [1.82, 2.24) is 4.90 Å². The number of non-ortho nitro benzene ring substituents is 1. The van der Waals surface area contributed by atoms with Gasteiger partial charge in [-0.3, -0.25) is 14.9 Å². The Morgan fingerprint density at radius 2 is 1.72 bits per heavy atom. The van der Waals surface area contributed by atoms with E-state index in [1.165, 1.54) is 12.1 Å². The van der Waals surface area contributed by atoms with Gasteiger partial charge >= 0.3 is 0 Å². The summed E-state index contributed by atoms with van der Waals surface area (Å²) < 4.78 is 20.8. The van der Waals surface area contributed by atoms with Crippen LogP contribution in [0.2, 0.25) is 0 Å². The molecule has 0 spiro atoms. The number of carbonyl (C=O) groups excluding carboxylic acids is 1. The van der Waals surface area contributed by atoms with Crippen molar-refractivity contribution in [3.8, 4) is 23.3 Å². The number of rotatable bonds is 20. The Morgan fingerprint density at radius 1 is 1.02 bits per heavy atom. The van der Waals surface area contributed by atoms with Crippen LogP contribution in [0, 0.1) is 39.2 Å². The molecule has 334 valence electrons. The normalized spacial score (nSPS) is 22.5. The van der Waals surface area contributed by atoms with Crippen LogP contribution in [0.1, 0.15) is 77.9 Å². The summed E-state index contributed by atoms with van der Waals surface area (Å²) in [4.78, 5) is 34.4. The first kappa shape index (κ1) is 46.0. The highest BCUT2D eigenvalue weighted by Crippen LogP contribution is 2.62. The van der Waals surface area contributed by atoms with Crippen LogP contribution in [0.15, 0.2) is 125 Å². The Balaban J connectivity index is 1.40. The summed E-state index contributed by atoms with van der Waals surface area (Å²) in [5.41, 5.74) is 3.85. The zero-order chi connectivity index (χ0) is 45.2. The van der Waals surface area contributed by atoms with Crippen molar-refractivity contribution in [1.29, 1.82) is 5.26 Å². The zero-order valence-corrected chi connectivity index (χ0v) is 37.0. The second-order valence-electron chi connectivity index (χ2n) is 16.4. The zero-order valence-electron chi connectivity index (χ0n) is 36.1. The topological polar surface area (TPSA) is 177 Å². The Bertz CT molecular complexity index is 2380. The number of nitriles is 1. The third-order valence-corrected chi connectivity index (χ3v) is 13.3. The lowest BCUT2D eigenvalue weighted by Crippen LogP contribution is -2.69. The number of thioether (sulfide) groups is 1. The number of carbonyl (C=O) groups is 1. The molecule has 1 fully saturated rings. The smallest absolute Gasteiger partial charge is 0.269 e. The maximum Gasteiger partial charge on any atom is 0.269 e. The molecule has 13 nitrogen and oxygen atoms in total. The van der Waals surface area contributed by atoms with E-state index in [0.29, 0.717) is 52.5 Å². The van der Waals surface area contributed by atoms with E-state index in [2.05, 4.69) is 18.7 Å². The maximum absolute atomic E-state index is 14.6. The van der Waals surface area contributed by atoms with Gasteiger partial charge in [0.15, 0.2) is 0 Å². The standard InChI is InChI=1S/C50H54N4O9S/c1-4-27-60-50-46(53(2)49(57)35-15-11-33(31-51)12-16-35)30-44(52-61-32-34-13-17-37(18-14-34)54(58)59)42-28-36(9-5-7-25-55)41(10-6-8-26-56)47(48(42)50)43-29-39(21-24-45(43)63-50)62-38-19-22-40(64-3)23-20-38/h4,11-24,28-29,36,41,46-48,55-56H,1,5-10,25-27,30,32H2,2-3H3/t36-,41+,46-,47+,48+,50+/m0/s1. The molecule has 14 heteroatoms. The van der Waals surface area contributed by atoms with Gasteiger partial charge < -0.3 is 34.2 Å². The molecule has 2 aliphatic carbocycles. The number of ether oxygens (including phenoxy) is 3. The molecule has 0 saturated heterocycles. The molecule has 1 heterocycles. The number of unbranched alkanes of at least 4 members (excludes halogenated alkanes) is 2. The molecule has 7 rings (SSSR count). The van der Waals surface area contributed by atoms with Crippen LogP contribution in [0.5, 0.6) is 17.2 Å². The SMILES string of the molecule is C=CCO[C@@]12Oc3ccc(Oc4ccc(SC)cc4)cc3[C@H]3[C@H](CCCCO)[C@@H](CCCCO)C=C(C(=NOCc4ccc([N+](=O)[O-])cc4)C[C@@H]1N(C)C(=O)c1ccc(C#N)cc1)[C@H]32. The van der Waals surface area contributed by atoms with E-state index in [9.17, 15) is 30.4 Å². The number of oxime groups is 1. The number of nitro benzene ring substituents is 1. The van der Waals surface area contributed by atoms with E-state index >= 15 is 0 Å². The van der Waals surface area contributed by atoms with Crippen molar-refractivity contribution in [2.45, 2.75) is 74.2 Å². The molecule has 1 saturated carbocycles. The number of nitro groups is 1. The first-order chi connectivity index (χ1) is 31.1. The molecule has 6 atom stereocenters. The second-order valence-corrected chi connectivity index (χ2v) is 17.2. The summed E-state index contributed by atoms with van der Waals surface area (Å²) in [7, 11) is 1.72. The highest BCUT2D eigenvalue weighted by Gasteiger charge is 2.65. The lowest BCUT2D eigenvalue weighted by Gasteiger charge is -2.59. The molecule has 64 heavy (non-hydrogen) atoms. The lowest BCUT2D eigenvalue weighted by atomic mass is 9.55. The third-order valence-electron chi connectivity index (χ3n) is 12.5. The van der Waals surface area contributed by atoms with Crippen LogP contribution in [0.3, 0.4) is 0 Å². The quantitative estimate of drug-likeness (QED) is 0.0284. The van der Waals surface area contributed by atoms with Crippen LogP contribution in [0.4, 0.5) is 5.69 Å². The average molecular weight is 887 g/mol. The molecule has 4 aromatic carbocycles. The number of nitrogens with zero attached hydrogens (tertiary/aromatic N) is 4. The molecule has 0 aromatic heterocycles. The van der Waals surface area contributed by atoms with Crippen molar-refractivity contribution in [2.24, 2.45) is 22.9 Å². The molecule has 3 aliphatic rings. The van der Waals surface area contributed by atoms with Gasteiger partial charge in [0.05, 0.1) is 34.8 Å². The van der Waals surface area contributed by atoms with Gasteiger partial charge in [0.1, 0.15) is 29.9 Å². The van der Waals surface area contributed by atoms with Crippen molar-refractivity contribution in [3.63, 3.8) is 0 Å².